The van der Waals surface area contributed by atoms with Crippen molar-refractivity contribution in [2.75, 3.05) is 18.0 Å². The van der Waals surface area contributed by atoms with E-state index in [1.165, 1.54) is 6.92 Å². The van der Waals surface area contributed by atoms with E-state index in [-0.39, 0.29) is 12.0 Å². The van der Waals surface area contributed by atoms with Crippen molar-refractivity contribution in [1.29, 1.82) is 0 Å². The molecule has 1 saturated heterocycles. The summed E-state index contributed by atoms with van der Waals surface area (Å²) in [7, 11) is 0. The third-order valence-corrected chi connectivity index (χ3v) is 3.95. The third kappa shape index (κ3) is 3.98. The molecule has 1 N–H and O–H groups in total. The van der Waals surface area contributed by atoms with Gasteiger partial charge in [0.1, 0.15) is 24.0 Å². The fourth-order valence-corrected chi connectivity index (χ4v) is 2.71. The number of nitrogens with zero attached hydrogens (tertiary/aromatic N) is 4. The second kappa shape index (κ2) is 7.25. The van der Waals surface area contributed by atoms with E-state index >= 15 is 0 Å². The van der Waals surface area contributed by atoms with E-state index in [9.17, 15) is 4.79 Å². The third-order valence-electron chi connectivity index (χ3n) is 3.95. The monoisotopic (exact) mass is 327 g/mol. The number of aryl methyl sites for hydroxylation is 1. The first-order valence-corrected chi connectivity index (χ1v) is 7.99. The lowest BCUT2D eigenvalue weighted by atomic mass is 10.2. The fourth-order valence-electron chi connectivity index (χ4n) is 2.71. The molecule has 24 heavy (non-hydrogen) atoms. The summed E-state index contributed by atoms with van der Waals surface area (Å²) in [5.41, 5.74) is 1.88. The number of aromatic nitrogens is 3. The van der Waals surface area contributed by atoms with Gasteiger partial charge in [-0.25, -0.2) is 9.97 Å². The first kappa shape index (κ1) is 16.2. The van der Waals surface area contributed by atoms with Crippen LogP contribution < -0.4 is 15.0 Å². The van der Waals surface area contributed by atoms with Gasteiger partial charge in [0.25, 0.3) is 0 Å². The van der Waals surface area contributed by atoms with E-state index < -0.39 is 0 Å². The predicted molar refractivity (Wildman–Crippen MR) is 89.8 cm³/mol. The van der Waals surface area contributed by atoms with Crippen molar-refractivity contribution in [1.82, 2.24) is 20.3 Å². The molecule has 0 aliphatic carbocycles. The maximum atomic E-state index is 11.1. The molecule has 0 unspecified atom stereocenters. The highest BCUT2D eigenvalue weighted by molar-refractivity contribution is 5.72. The number of ether oxygens (including phenoxy) is 1. The molecule has 1 aliphatic heterocycles. The molecule has 0 spiro atoms. The predicted octanol–water partition coefficient (Wildman–Crippen LogP) is 1.47. The largest absolute Gasteiger partial charge is 0.487 e. The van der Waals surface area contributed by atoms with Crippen LogP contribution in [0.2, 0.25) is 0 Å². The van der Waals surface area contributed by atoms with E-state index in [0.717, 1.165) is 42.3 Å². The molecule has 1 amide bonds. The molecule has 0 aromatic carbocycles. The standard InChI is InChI=1S/C17H21N5O2/c1-12-7-17(21-11-20-12)22-6-4-15(10-22)24-16-9-18-5-3-14(16)8-19-13(2)23/h3,5,7,9,11,15H,4,6,8,10H2,1-2H3,(H,19,23)/t15-/m0/s1. The van der Waals surface area contributed by atoms with Gasteiger partial charge in [0, 0.05) is 50.0 Å². The topological polar surface area (TPSA) is 80.2 Å². The molecule has 126 valence electrons. The van der Waals surface area contributed by atoms with Crippen LogP contribution in [-0.4, -0.2) is 40.1 Å². The molecular formula is C17H21N5O2. The summed E-state index contributed by atoms with van der Waals surface area (Å²) >= 11 is 0. The molecule has 1 atom stereocenters. The second-order valence-corrected chi connectivity index (χ2v) is 5.89. The van der Waals surface area contributed by atoms with Crippen molar-refractivity contribution >= 4 is 11.7 Å². The van der Waals surface area contributed by atoms with Gasteiger partial charge in [-0.15, -0.1) is 0 Å². The van der Waals surface area contributed by atoms with Crippen molar-refractivity contribution in [2.45, 2.75) is 32.9 Å². The number of carbonyl (C=O) groups is 1. The van der Waals surface area contributed by atoms with E-state index in [2.05, 4.69) is 25.2 Å². The van der Waals surface area contributed by atoms with E-state index in [0.29, 0.717) is 6.54 Å². The first-order chi connectivity index (χ1) is 11.6. The first-order valence-electron chi connectivity index (χ1n) is 7.99. The minimum atomic E-state index is -0.0658. The van der Waals surface area contributed by atoms with Gasteiger partial charge in [-0.1, -0.05) is 0 Å². The minimum Gasteiger partial charge on any atom is -0.487 e. The van der Waals surface area contributed by atoms with E-state index in [1.807, 2.05) is 19.1 Å². The van der Waals surface area contributed by atoms with Crippen LogP contribution in [0, 0.1) is 6.92 Å². The number of amides is 1. The van der Waals surface area contributed by atoms with Crippen LogP contribution in [-0.2, 0) is 11.3 Å². The van der Waals surface area contributed by atoms with Gasteiger partial charge < -0.3 is 15.0 Å². The summed E-state index contributed by atoms with van der Waals surface area (Å²) in [4.78, 5) is 25.9. The van der Waals surface area contributed by atoms with Crippen molar-refractivity contribution in [2.24, 2.45) is 0 Å². The average molecular weight is 327 g/mol. The maximum Gasteiger partial charge on any atom is 0.217 e. The molecule has 0 saturated carbocycles. The molecule has 2 aromatic rings. The second-order valence-electron chi connectivity index (χ2n) is 5.89. The maximum absolute atomic E-state index is 11.1. The zero-order chi connectivity index (χ0) is 16.9. The highest BCUT2D eigenvalue weighted by Crippen LogP contribution is 2.24. The summed E-state index contributed by atoms with van der Waals surface area (Å²) < 4.78 is 6.12. The number of anilines is 1. The summed E-state index contributed by atoms with van der Waals surface area (Å²) in [6.45, 7) is 5.56. The molecule has 7 heteroatoms. The van der Waals surface area contributed by atoms with Crippen LogP contribution in [0.3, 0.4) is 0 Å². The molecule has 1 aliphatic rings. The van der Waals surface area contributed by atoms with Crippen molar-refractivity contribution in [3.05, 3.63) is 42.1 Å². The Bertz CT molecular complexity index is 722. The van der Waals surface area contributed by atoms with Crippen LogP contribution in [0.15, 0.2) is 30.9 Å². The number of rotatable bonds is 5. The van der Waals surface area contributed by atoms with Crippen molar-refractivity contribution in [3.63, 3.8) is 0 Å². The highest BCUT2D eigenvalue weighted by atomic mass is 16.5. The average Bonchev–Trinajstić information content (AvgIpc) is 3.02. The molecule has 0 bridgehead atoms. The summed E-state index contributed by atoms with van der Waals surface area (Å²) in [5.74, 6) is 1.58. The van der Waals surface area contributed by atoms with E-state index in [1.54, 1.807) is 18.7 Å². The van der Waals surface area contributed by atoms with Crippen LogP contribution in [0.1, 0.15) is 24.6 Å². The Labute approximate surface area is 141 Å². The summed E-state index contributed by atoms with van der Waals surface area (Å²) in [6.07, 6.45) is 5.98. The fraction of sp³-hybridized carbons (Fsp3) is 0.412. The quantitative estimate of drug-likeness (QED) is 0.896. The van der Waals surface area contributed by atoms with Gasteiger partial charge in [-0.3, -0.25) is 9.78 Å². The number of nitrogens with one attached hydrogen (secondary N) is 1. The molecule has 3 heterocycles. The van der Waals surface area contributed by atoms with Crippen molar-refractivity contribution in [3.8, 4) is 5.75 Å². The van der Waals surface area contributed by atoms with Crippen LogP contribution in [0.5, 0.6) is 5.75 Å². The molecule has 3 rings (SSSR count). The Balaban J connectivity index is 1.64. The minimum absolute atomic E-state index is 0.0658. The molecular weight excluding hydrogens is 306 g/mol. The summed E-state index contributed by atoms with van der Waals surface area (Å²) in [6, 6.07) is 3.85. The Kier molecular flexibility index (Phi) is 4.88. The number of pyridine rings is 1. The normalized spacial score (nSPS) is 16.9. The van der Waals surface area contributed by atoms with Gasteiger partial charge in [0.2, 0.25) is 5.91 Å². The number of carbonyl (C=O) groups excluding carboxylic acids is 1. The van der Waals surface area contributed by atoms with Gasteiger partial charge in [0.05, 0.1) is 12.7 Å². The lowest BCUT2D eigenvalue weighted by molar-refractivity contribution is -0.119. The smallest absolute Gasteiger partial charge is 0.217 e. The Morgan fingerprint density at radius 1 is 1.46 bits per heavy atom. The van der Waals surface area contributed by atoms with Crippen LogP contribution >= 0.6 is 0 Å². The lowest BCUT2D eigenvalue weighted by Crippen LogP contribution is -2.26. The van der Waals surface area contributed by atoms with Gasteiger partial charge in [-0.2, -0.15) is 0 Å². The zero-order valence-corrected chi connectivity index (χ0v) is 13.9. The Morgan fingerprint density at radius 3 is 3.12 bits per heavy atom. The molecule has 1 fully saturated rings. The Morgan fingerprint density at radius 2 is 2.33 bits per heavy atom. The lowest BCUT2D eigenvalue weighted by Gasteiger charge is -2.19. The molecule has 0 radical (unpaired) electrons. The zero-order valence-electron chi connectivity index (χ0n) is 13.9. The Hall–Kier alpha value is -2.70. The molecule has 2 aromatic heterocycles. The SMILES string of the molecule is CC(=O)NCc1ccncc1O[C@H]1CCN(c2cc(C)ncn2)C1. The number of hydrogen-bond acceptors (Lipinski definition) is 6. The van der Waals surface area contributed by atoms with Crippen LogP contribution in [0.4, 0.5) is 5.82 Å². The molecule has 7 nitrogen and oxygen atoms in total. The highest BCUT2D eigenvalue weighted by Gasteiger charge is 2.25. The van der Waals surface area contributed by atoms with Gasteiger partial charge >= 0.3 is 0 Å². The van der Waals surface area contributed by atoms with E-state index in [4.69, 9.17) is 4.74 Å². The number of hydrogen-bond donors (Lipinski definition) is 1. The van der Waals surface area contributed by atoms with Gasteiger partial charge in [0.15, 0.2) is 0 Å². The van der Waals surface area contributed by atoms with Gasteiger partial charge in [-0.05, 0) is 13.0 Å². The summed E-state index contributed by atoms with van der Waals surface area (Å²) in [5, 5.41) is 2.79. The van der Waals surface area contributed by atoms with Crippen molar-refractivity contribution < 1.29 is 9.53 Å². The van der Waals surface area contributed by atoms with Crippen LogP contribution in [0.25, 0.3) is 0 Å².